The number of carbonyl (C=O) groups is 1. The Morgan fingerprint density at radius 1 is 1.47 bits per heavy atom. The lowest BCUT2D eigenvalue weighted by Crippen LogP contribution is -2.17. The smallest absolute Gasteiger partial charge is 0.275 e. The molecule has 102 valence electrons. The Kier molecular flexibility index (Phi) is 4.53. The topological polar surface area (TPSA) is 74.0 Å². The molecule has 0 aromatic carbocycles. The van der Waals surface area contributed by atoms with Gasteiger partial charge in [-0.1, -0.05) is 0 Å². The van der Waals surface area contributed by atoms with E-state index in [0.29, 0.717) is 24.7 Å². The van der Waals surface area contributed by atoms with E-state index in [4.69, 9.17) is 4.74 Å². The van der Waals surface area contributed by atoms with Gasteiger partial charge in [-0.3, -0.25) is 9.48 Å². The van der Waals surface area contributed by atoms with Gasteiger partial charge in [-0.2, -0.15) is 10.2 Å². The minimum atomic E-state index is -0.208. The Labute approximate surface area is 124 Å². The molecule has 8 heteroatoms. The molecule has 0 bridgehead atoms. The highest BCUT2D eigenvalue weighted by atomic mass is 127. The predicted molar refractivity (Wildman–Crippen MR) is 77.7 cm³/mol. The van der Waals surface area contributed by atoms with Gasteiger partial charge in [0.2, 0.25) is 0 Å². The van der Waals surface area contributed by atoms with Gasteiger partial charge in [-0.05, 0) is 29.5 Å². The second-order valence-corrected chi connectivity index (χ2v) is 4.97. The van der Waals surface area contributed by atoms with Crippen molar-refractivity contribution in [1.82, 2.24) is 19.6 Å². The summed E-state index contributed by atoms with van der Waals surface area (Å²) >= 11 is 2.08. The number of ether oxygens (including phenoxy) is 1. The normalized spacial score (nSPS) is 10.7. The summed E-state index contributed by atoms with van der Waals surface area (Å²) in [6, 6.07) is 0. The SMILES string of the molecule is CCOCn1cc(NC(=O)c2c(I)cnn2C)cn1. The van der Waals surface area contributed by atoms with Crippen molar-refractivity contribution >= 4 is 34.2 Å². The Bertz CT molecular complexity index is 558. The van der Waals surface area contributed by atoms with Crippen LogP contribution in [0.25, 0.3) is 0 Å². The molecule has 1 amide bonds. The first-order chi connectivity index (χ1) is 9.11. The molecule has 0 saturated heterocycles. The van der Waals surface area contributed by atoms with E-state index in [1.807, 2.05) is 6.92 Å². The van der Waals surface area contributed by atoms with Crippen LogP contribution in [0, 0.1) is 3.57 Å². The van der Waals surface area contributed by atoms with E-state index in [1.54, 1.807) is 35.0 Å². The molecule has 2 aromatic heterocycles. The molecule has 0 atom stereocenters. The lowest BCUT2D eigenvalue weighted by Gasteiger charge is -2.03. The molecule has 0 aliphatic carbocycles. The van der Waals surface area contributed by atoms with Crippen molar-refractivity contribution < 1.29 is 9.53 Å². The number of carbonyl (C=O) groups excluding carboxylic acids is 1. The molecule has 0 aliphatic heterocycles. The van der Waals surface area contributed by atoms with Crippen LogP contribution in [0.3, 0.4) is 0 Å². The zero-order valence-electron chi connectivity index (χ0n) is 10.6. The lowest BCUT2D eigenvalue weighted by molar-refractivity contribution is 0.0792. The number of hydrogen-bond donors (Lipinski definition) is 1. The molecule has 0 saturated carbocycles. The van der Waals surface area contributed by atoms with Gasteiger partial charge in [0, 0.05) is 13.7 Å². The predicted octanol–water partition coefficient (Wildman–Crippen LogP) is 1.47. The third kappa shape index (κ3) is 3.32. The van der Waals surface area contributed by atoms with Crippen LogP contribution in [0.2, 0.25) is 0 Å². The van der Waals surface area contributed by atoms with Crippen LogP contribution in [-0.2, 0) is 18.5 Å². The van der Waals surface area contributed by atoms with Gasteiger partial charge in [0.1, 0.15) is 12.4 Å². The minimum Gasteiger partial charge on any atom is -0.360 e. The number of halogens is 1. The fourth-order valence-electron chi connectivity index (χ4n) is 1.54. The molecular weight excluding hydrogens is 361 g/mol. The molecule has 2 rings (SSSR count). The van der Waals surface area contributed by atoms with Crippen molar-refractivity contribution in [2.45, 2.75) is 13.7 Å². The van der Waals surface area contributed by atoms with Crippen LogP contribution in [0.1, 0.15) is 17.4 Å². The highest BCUT2D eigenvalue weighted by Crippen LogP contribution is 2.13. The summed E-state index contributed by atoms with van der Waals surface area (Å²) < 4.78 is 9.19. The maximum atomic E-state index is 12.1. The maximum absolute atomic E-state index is 12.1. The molecule has 1 N–H and O–H groups in total. The third-order valence-corrected chi connectivity index (χ3v) is 3.22. The number of anilines is 1. The van der Waals surface area contributed by atoms with Gasteiger partial charge in [-0.25, -0.2) is 4.68 Å². The Morgan fingerprint density at radius 3 is 2.89 bits per heavy atom. The monoisotopic (exact) mass is 375 g/mol. The summed E-state index contributed by atoms with van der Waals surface area (Å²) in [6.07, 6.45) is 4.95. The zero-order chi connectivity index (χ0) is 13.8. The third-order valence-electron chi connectivity index (χ3n) is 2.43. The van der Waals surface area contributed by atoms with E-state index in [1.165, 1.54) is 0 Å². The number of aryl methyl sites for hydroxylation is 1. The van der Waals surface area contributed by atoms with Crippen molar-refractivity contribution in [3.63, 3.8) is 0 Å². The van der Waals surface area contributed by atoms with E-state index in [-0.39, 0.29) is 5.91 Å². The van der Waals surface area contributed by atoms with Crippen LogP contribution in [0.4, 0.5) is 5.69 Å². The van der Waals surface area contributed by atoms with Crippen LogP contribution in [-0.4, -0.2) is 32.1 Å². The van der Waals surface area contributed by atoms with Gasteiger partial charge >= 0.3 is 0 Å². The van der Waals surface area contributed by atoms with Crippen LogP contribution >= 0.6 is 22.6 Å². The molecule has 0 spiro atoms. The zero-order valence-corrected chi connectivity index (χ0v) is 12.8. The molecule has 7 nitrogen and oxygen atoms in total. The molecule has 0 fully saturated rings. The fraction of sp³-hybridized carbons (Fsp3) is 0.364. The largest absolute Gasteiger partial charge is 0.360 e. The number of hydrogen-bond acceptors (Lipinski definition) is 4. The van der Waals surface area contributed by atoms with Crippen molar-refractivity contribution in [3.8, 4) is 0 Å². The van der Waals surface area contributed by atoms with Crippen molar-refractivity contribution in [1.29, 1.82) is 0 Å². The number of nitrogens with one attached hydrogen (secondary N) is 1. The summed E-state index contributed by atoms with van der Waals surface area (Å²) in [5.41, 5.74) is 1.15. The summed E-state index contributed by atoms with van der Waals surface area (Å²) in [5, 5.41) is 10.9. The molecule has 2 aromatic rings. The van der Waals surface area contributed by atoms with Crippen LogP contribution in [0.5, 0.6) is 0 Å². The second kappa shape index (κ2) is 6.15. The van der Waals surface area contributed by atoms with Crippen LogP contribution < -0.4 is 5.32 Å². The van der Waals surface area contributed by atoms with Gasteiger partial charge in [0.05, 0.1) is 27.8 Å². The summed E-state index contributed by atoms with van der Waals surface area (Å²) in [4.78, 5) is 12.1. The number of nitrogens with zero attached hydrogens (tertiary/aromatic N) is 4. The van der Waals surface area contributed by atoms with Gasteiger partial charge in [0.15, 0.2) is 0 Å². The molecule has 2 heterocycles. The highest BCUT2D eigenvalue weighted by molar-refractivity contribution is 14.1. The van der Waals surface area contributed by atoms with E-state index >= 15 is 0 Å². The number of aromatic nitrogens is 4. The minimum absolute atomic E-state index is 0.208. The van der Waals surface area contributed by atoms with Gasteiger partial charge in [0.25, 0.3) is 5.91 Å². The van der Waals surface area contributed by atoms with Crippen LogP contribution in [0.15, 0.2) is 18.6 Å². The molecule has 0 unspecified atom stereocenters. The van der Waals surface area contributed by atoms with E-state index in [0.717, 1.165) is 3.57 Å². The van der Waals surface area contributed by atoms with Crippen molar-refractivity contribution in [3.05, 3.63) is 27.9 Å². The fourth-order valence-corrected chi connectivity index (χ4v) is 2.26. The Morgan fingerprint density at radius 2 is 2.26 bits per heavy atom. The van der Waals surface area contributed by atoms with E-state index < -0.39 is 0 Å². The molecular formula is C11H14IN5O2. The maximum Gasteiger partial charge on any atom is 0.275 e. The first kappa shape index (κ1) is 14.0. The molecule has 0 aliphatic rings. The molecule has 0 radical (unpaired) electrons. The lowest BCUT2D eigenvalue weighted by atomic mass is 10.4. The summed E-state index contributed by atoms with van der Waals surface area (Å²) in [7, 11) is 1.73. The number of amides is 1. The first-order valence-corrected chi connectivity index (χ1v) is 6.78. The summed E-state index contributed by atoms with van der Waals surface area (Å²) in [5.74, 6) is -0.208. The molecule has 19 heavy (non-hydrogen) atoms. The van der Waals surface area contributed by atoms with Crippen molar-refractivity contribution in [2.75, 3.05) is 11.9 Å². The highest BCUT2D eigenvalue weighted by Gasteiger charge is 2.15. The van der Waals surface area contributed by atoms with E-state index in [9.17, 15) is 4.79 Å². The number of rotatable bonds is 5. The first-order valence-electron chi connectivity index (χ1n) is 5.71. The summed E-state index contributed by atoms with van der Waals surface area (Å²) in [6.45, 7) is 2.90. The van der Waals surface area contributed by atoms with Gasteiger partial charge < -0.3 is 10.1 Å². The Hall–Kier alpha value is -1.42. The average molecular weight is 375 g/mol. The standard InChI is InChI=1S/C11H14IN5O2/c1-3-19-7-17-6-8(4-14-17)15-11(18)10-9(12)5-13-16(10)2/h4-6H,3,7H2,1-2H3,(H,15,18). The average Bonchev–Trinajstić information content (AvgIpc) is 2.94. The second-order valence-electron chi connectivity index (χ2n) is 3.81. The van der Waals surface area contributed by atoms with Gasteiger partial charge in [-0.15, -0.1) is 0 Å². The van der Waals surface area contributed by atoms with Crippen molar-refractivity contribution in [2.24, 2.45) is 7.05 Å². The quantitative estimate of drug-likeness (QED) is 0.804. The van der Waals surface area contributed by atoms with E-state index in [2.05, 4.69) is 38.1 Å². The Balaban J connectivity index is 2.05.